The molecule has 0 bridgehead atoms. The van der Waals surface area contributed by atoms with Crippen LogP contribution in [0, 0.1) is 0 Å². The Labute approximate surface area is 93.4 Å². The first-order valence-electron chi connectivity index (χ1n) is 4.06. The summed E-state index contributed by atoms with van der Waals surface area (Å²) in [5.74, 6) is -0.584. The van der Waals surface area contributed by atoms with Crippen LogP contribution in [0.5, 0.6) is 0 Å². The molecule has 0 spiro atoms. The van der Waals surface area contributed by atoms with E-state index in [-0.39, 0.29) is 5.89 Å². The zero-order valence-electron chi connectivity index (χ0n) is 7.48. The van der Waals surface area contributed by atoms with Crippen molar-refractivity contribution in [2.24, 2.45) is 5.73 Å². The molecular formula is C9H6BrN3O2. The lowest BCUT2D eigenvalue weighted by molar-refractivity contribution is 0.0958. The molecular weight excluding hydrogens is 262 g/mol. The number of carbonyl (C=O) groups is 1. The number of halogens is 1. The van der Waals surface area contributed by atoms with E-state index in [1.165, 1.54) is 0 Å². The van der Waals surface area contributed by atoms with Crippen LogP contribution >= 0.6 is 15.9 Å². The van der Waals surface area contributed by atoms with Gasteiger partial charge in [0.1, 0.15) is 0 Å². The number of nitrogens with two attached hydrogens (primary N) is 1. The average molecular weight is 268 g/mol. The summed E-state index contributed by atoms with van der Waals surface area (Å²) in [6, 6.07) is 7.33. The minimum Gasteiger partial charge on any atom is -0.361 e. The maximum atomic E-state index is 10.7. The van der Waals surface area contributed by atoms with Crippen LogP contribution < -0.4 is 5.73 Å². The van der Waals surface area contributed by atoms with E-state index in [0.717, 1.165) is 10.0 Å². The fourth-order valence-corrected chi connectivity index (χ4v) is 1.47. The van der Waals surface area contributed by atoms with Crippen LogP contribution in [0.15, 0.2) is 33.3 Å². The Morgan fingerprint density at radius 1 is 1.47 bits per heavy atom. The first-order valence-corrected chi connectivity index (χ1v) is 4.85. The molecule has 0 radical (unpaired) electrons. The van der Waals surface area contributed by atoms with Crippen LogP contribution in [-0.2, 0) is 0 Å². The number of hydrogen-bond donors (Lipinski definition) is 1. The number of hydrogen-bond acceptors (Lipinski definition) is 4. The van der Waals surface area contributed by atoms with Crippen molar-refractivity contribution >= 4 is 21.8 Å². The highest BCUT2D eigenvalue weighted by Crippen LogP contribution is 2.19. The van der Waals surface area contributed by atoms with E-state index in [4.69, 9.17) is 5.73 Å². The number of amides is 1. The van der Waals surface area contributed by atoms with E-state index in [0.29, 0.717) is 5.82 Å². The Morgan fingerprint density at radius 2 is 2.27 bits per heavy atom. The van der Waals surface area contributed by atoms with Gasteiger partial charge in [0.05, 0.1) is 0 Å². The lowest BCUT2D eigenvalue weighted by Gasteiger charge is -1.93. The van der Waals surface area contributed by atoms with Gasteiger partial charge in [0.2, 0.25) is 5.82 Å². The molecule has 0 aliphatic rings. The fourth-order valence-electron chi connectivity index (χ4n) is 1.07. The third-order valence-corrected chi connectivity index (χ3v) is 2.21. The zero-order valence-corrected chi connectivity index (χ0v) is 9.06. The predicted molar refractivity (Wildman–Crippen MR) is 56.0 cm³/mol. The summed E-state index contributed by atoms with van der Waals surface area (Å²) in [6.45, 7) is 0. The number of rotatable bonds is 2. The largest absolute Gasteiger partial charge is 0.361 e. The van der Waals surface area contributed by atoms with Gasteiger partial charge in [-0.1, -0.05) is 33.2 Å². The van der Waals surface area contributed by atoms with Crippen molar-refractivity contribution in [1.29, 1.82) is 0 Å². The number of carbonyl (C=O) groups excluding carboxylic acids is 1. The Balaban J connectivity index is 2.41. The van der Waals surface area contributed by atoms with Crippen LogP contribution in [0.4, 0.5) is 0 Å². The molecule has 0 atom stereocenters. The lowest BCUT2D eigenvalue weighted by atomic mass is 10.2. The molecule has 15 heavy (non-hydrogen) atoms. The molecule has 1 heterocycles. The van der Waals surface area contributed by atoms with Crippen molar-refractivity contribution in [3.63, 3.8) is 0 Å². The Bertz CT molecular complexity index is 510. The molecule has 2 aromatic rings. The third-order valence-electron chi connectivity index (χ3n) is 1.72. The molecule has 76 valence electrons. The van der Waals surface area contributed by atoms with Crippen LogP contribution in [0.2, 0.25) is 0 Å². The number of benzene rings is 1. The van der Waals surface area contributed by atoms with Crippen LogP contribution in [-0.4, -0.2) is 16.0 Å². The molecule has 0 saturated carbocycles. The second kappa shape index (κ2) is 3.82. The van der Waals surface area contributed by atoms with E-state index >= 15 is 0 Å². The van der Waals surface area contributed by atoms with Crippen LogP contribution in [0.25, 0.3) is 11.4 Å². The highest BCUT2D eigenvalue weighted by atomic mass is 79.9. The molecule has 6 heteroatoms. The summed E-state index contributed by atoms with van der Waals surface area (Å²) in [7, 11) is 0. The summed E-state index contributed by atoms with van der Waals surface area (Å²) >= 11 is 3.32. The normalized spacial score (nSPS) is 10.2. The summed E-state index contributed by atoms with van der Waals surface area (Å²) in [4.78, 5) is 14.6. The quantitative estimate of drug-likeness (QED) is 0.896. The van der Waals surface area contributed by atoms with Gasteiger partial charge in [0, 0.05) is 10.0 Å². The van der Waals surface area contributed by atoms with Gasteiger partial charge in [-0.3, -0.25) is 4.79 Å². The number of aromatic nitrogens is 2. The van der Waals surface area contributed by atoms with Gasteiger partial charge < -0.3 is 10.3 Å². The molecule has 1 aromatic carbocycles. The molecule has 0 unspecified atom stereocenters. The summed E-state index contributed by atoms with van der Waals surface area (Å²) < 4.78 is 5.56. The first kappa shape index (κ1) is 9.85. The minimum absolute atomic E-state index is 0.190. The predicted octanol–water partition coefficient (Wildman–Crippen LogP) is 1.60. The van der Waals surface area contributed by atoms with Crippen molar-refractivity contribution in [3.8, 4) is 11.4 Å². The monoisotopic (exact) mass is 267 g/mol. The van der Waals surface area contributed by atoms with E-state index in [2.05, 4.69) is 30.6 Å². The molecule has 0 fully saturated rings. The lowest BCUT2D eigenvalue weighted by Crippen LogP contribution is -2.10. The average Bonchev–Trinajstić information content (AvgIpc) is 2.66. The standard InChI is InChI=1S/C9H6BrN3O2/c10-6-3-1-2-5(4-6)8-12-9(7(11)14)15-13-8/h1-4H,(H2,11,14). The van der Waals surface area contributed by atoms with Gasteiger partial charge in [0.15, 0.2) is 0 Å². The van der Waals surface area contributed by atoms with Gasteiger partial charge >= 0.3 is 11.8 Å². The number of nitrogens with zero attached hydrogens (tertiary/aromatic N) is 2. The smallest absolute Gasteiger partial charge is 0.316 e. The van der Waals surface area contributed by atoms with Gasteiger partial charge in [-0.25, -0.2) is 0 Å². The van der Waals surface area contributed by atoms with Crippen molar-refractivity contribution in [3.05, 3.63) is 34.6 Å². The van der Waals surface area contributed by atoms with Crippen molar-refractivity contribution in [1.82, 2.24) is 10.1 Å². The van der Waals surface area contributed by atoms with E-state index in [9.17, 15) is 4.79 Å². The number of primary amides is 1. The molecule has 1 amide bonds. The third kappa shape index (κ3) is 2.04. The SMILES string of the molecule is NC(=O)c1nc(-c2cccc(Br)c2)no1. The summed E-state index contributed by atoms with van der Waals surface area (Å²) in [5, 5.41) is 3.64. The molecule has 2 N–H and O–H groups in total. The van der Waals surface area contributed by atoms with Gasteiger partial charge in [-0.15, -0.1) is 0 Å². The Morgan fingerprint density at radius 3 is 2.87 bits per heavy atom. The van der Waals surface area contributed by atoms with Gasteiger partial charge in [-0.2, -0.15) is 4.98 Å². The highest BCUT2D eigenvalue weighted by Gasteiger charge is 2.12. The molecule has 2 rings (SSSR count). The second-order valence-electron chi connectivity index (χ2n) is 2.80. The molecule has 0 aliphatic carbocycles. The second-order valence-corrected chi connectivity index (χ2v) is 3.71. The van der Waals surface area contributed by atoms with E-state index < -0.39 is 5.91 Å². The van der Waals surface area contributed by atoms with Crippen molar-refractivity contribution in [2.45, 2.75) is 0 Å². The Hall–Kier alpha value is -1.69. The van der Waals surface area contributed by atoms with Crippen molar-refractivity contribution < 1.29 is 9.32 Å². The fraction of sp³-hybridized carbons (Fsp3) is 0. The van der Waals surface area contributed by atoms with Crippen LogP contribution in [0.3, 0.4) is 0 Å². The minimum atomic E-state index is -0.733. The Kier molecular flexibility index (Phi) is 2.51. The van der Waals surface area contributed by atoms with E-state index in [1.54, 1.807) is 6.07 Å². The zero-order chi connectivity index (χ0) is 10.8. The molecule has 0 saturated heterocycles. The summed E-state index contributed by atoms with van der Waals surface area (Å²) in [6.07, 6.45) is 0. The maximum Gasteiger partial charge on any atom is 0.316 e. The van der Waals surface area contributed by atoms with Crippen LogP contribution in [0.1, 0.15) is 10.7 Å². The van der Waals surface area contributed by atoms with Crippen molar-refractivity contribution in [2.75, 3.05) is 0 Å². The highest BCUT2D eigenvalue weighted by molar-refractivity contribution is 9.10. The molecule has 0 aliphatic heterocycles. The molecule has 1 aromatic heterocycles. The van der Waals surface area contributed by atoms with E-state index in [1.807, 2.05) is 18.2 Å². The van der Waals surface area contributed by atoms with Gasteiger partial charge in [-0.05, 0) is 12.1 Å². The van der Waals surface area contributed by atoms with Gasteiger partial charge in [0.25, 0.3) is 0 Å². The summed E-state index contributed by atoms with van der Waals surface area (Å²) in [5.41, 5.74) is 5.74. The first-order chi connectivity index (χ1) is 7.16. The maximum absolute atomic E-state index is 10.7. The molecule has 5 nitrogen and oxygen atoms in total. The topological polar surface area (TPSA) is 82.0 Å².